The van der Waals surface area contributed by atoms with Crippen LogP contribution in [0.5, 0.6) is 0 Å². The molecular weight excluding hydrogens is 122 g/mol. The predicted octanol–water partition coefficient (Wildman–Crippen LogP) is -2.36. The molecule has 5 N–H and O–H groups in total. The summed E-state index contributed by atoms with van der Waals surface area (Å²) in [5.41, 5.74) is 4.83. The minimum Gasteiger partial charge on any atom is -0.627 e. The maximum absolute atomic E-state index is 10.4. The van der Waals surface area contributed by atoms with Crippen molar-refractivity contribution in [1.82, 2.24) is 0 Å². The van der Waals surface area contributed by atoms with E-state index in [-0.39, 0.29) is 13.2 Å². The van der Waals surface area contributed by atoms with Crippen molar-refractivity contribution in [3.8, 4) is 0 Å². The Balaban J connectivity index is 3.27. The number of guanidine groups is 1. The third kappa shape index (κ3) is 3.89. The third-order valence-electron chi connectivity index (χ3n) is 0.862. The van der Waals surface area contributed by atoms with Crippen LogP contribution < -0.4 is 10.8 Å². The Kier molecular flexibility index (Phi) is 3.94. The van der Waals surface area contributed by atoms with E-state index < -0.39 is 11.0 Å². The van der Waals surface area contributed by atoms with Gasteiger partial charge in [-0.25, -0.2) is 5.41 Å². The van der Waals surface area contributed by atoms with Gasteiger partial charge in [-0.15, -0.1) is 0 Å². The van der Waals surface area contributed by atoms with Crippen molar-refractivity contribution in [2.24, 2.45) is 5.73 Å². The number of rotatable bonds is 3. The lowest BCUT2D eigenvalue weighted by Gasteiger charge is -2.17. The van der Waals surface area contributed by atoms with Crippen LogP contribution in [0, 0.1) is 10.6 Å². The summed E-state index contributed by atoms with van der Waals surface area (Å²) in [5.74, 6) is -0.427. The van der Waals surface area contributed by atoms with Gasteiger partial charge in [0, 0.05) is 13.0 Å². The Bertz CT molecular complexity index is 95.8. The van der Waals surface area contributed by atoms with Gasteiger partial charge in [-0.1, -0.05) is 0 Å². The first kappa shape index (κ1) is 8.35. The van der Waals surface area contributed by atoms with E-state index >= 15 is 0 Å². The third-order valence-corrected chi connectivity index (χ3v) is 0.862. The minimum absolute atomic E-state index is 0.0288. The van der Waals surface area contributed by atoms with Crippen molar-refractivity contribution >= 4 is 5.96 Å². The second kappa shape index (κ2) is 4.25. The largest absolute Gasteiger partial charge is 0.627 e. The quantitative estimate of drug-likeness (QED) is 0.197. The van der Waals surface area contributed by atoms with E-state index in [1.54, 1.807) is 0 Å². The van der Waals surface area contributed by atoms with E-state index in [0.717, 1.165) is 0 Å². The van der Waals surface area contributed by atoms with Gasteiger partial charge in [-0.3, -0.25) is 0 Å². The molecule has 1 unspecified atom stereocenters. The van der Waals surface area contributed by atoms with E-state index in [1.165, 1.54) is 0 Å². The van der Waals surface area contributed by atoms with Crippen LogP contribution in [0.4, 0.5) is 0 Å². The van der Waals surface area contributed by atoms with Crippen molar-refractivity contribution in [2.75, 3.05) is 13.2 Å². The highest BCUT2D eigenvalue weighted by Crippen LogP contribution is 1.64. The molecule has 0 saturated heterocycles. The molecule has 5 nitrogen and oxygen atoms in total. The summed E-state index contributed by atoms with van der Waals surface area (Å²) in [7, 11) is 0. The number of quaternary nitrogens is 1. The van der Waals surface area contributed by atoms with Crippen LogP contribution in [0.1, 0.15) is 6.42 Å². The maximum atomic E-state index is 10.4. The maximum Gasteiger partial charge on any atom is 0.290 e. The minimum atomic E-state index is -0.427. The van der Waals surface area contributed by atoms with Crippen molar-refractivity contribution in [2.45, 2.75) is 6.42 Å². The molecule has 0 rings (SSSR count). The fourth-order valence-electron chi connectivity index (χ4n) is 0.374. The number of aliphatic hydroxyl groups is 1. The number of hydrogen-bond acceptors (Lipinski definition) is 3. The van der Waals surface area contributed by atoms with Crippen molar-refractivity contribution in [3.05, 3.63) is 5.21 Å². The summed E-state index contributed by atoms with van der Waals surface area (Å²) < 4.78 is 0. The summed E-state index contributed by atoms with van der Waals surface area (Å²) >= 11 is 0. The average molecular weight is 133 g/mol. The lowest BCUT2D eigenvalue weighted by molar-refractivity contribution is -0.750. The fraction of sp³-hybridized carbons (Fsp3) is 0.750. The molecular formula is C4H11N3O2. The Hall–Kier alpha value is -0.650. The number of hydrogen-bond donors (Lipinski definition) is 4. The highest BCUT2D eigenvalue weighted by Gasteiger charge is 1.97. The monoisotopic (exact) mass is 133 g/mol. The number of nitrogens with one attached hydrogen (secondary N) is 2. The van der Waals surface area contributed by atoms with Gasteiger partial charge in [0.05, 0.1) is 6.54 Å². The van der Waals surface area contributed by atoms with Crippen LogP contribution in [-0.2, 0) is 0 Å². The summed E-state index contributed by atoms with van der Waals surface area (Å²) in [6, 6.07) is 0. The highest BCUT2D eigenvalue weighted by molar-refractivity contribution is 5.64. The molecule has 0 aliphatic heterocycles. The predicted molar refractivity (Wildman–Crippen MR) is 32.8 cm³/mol. The van der Waals surface area contributed by atoms with E-state index in [1.807, 2.05) is 0 Å². The first-order valence-electron chi connectivity index (χ1n) is 2.66. The van der Waals surface area contributed by atoms with Gasteiger partial charge in [0.1, 0.15) is 0 Å². The SMILES string of the molecule is N=C(N)[NH+]([O-])CCCO. The number of nitrogens with two attached hydrogens (primary N) is 1. The molecule has 0 saturated carbocycles. The number of aliphatic hydroxyl groups excluding tert-OH is 1. The van der Waals surface area contributed by atoms with Crippen LogP contribution in [0.3, 0.4) is 0 Å². The van der Waals surface area contributed by atoms with E-state index in [0.29, 0.717) is 6.42 Å². The van der Waals surface area contributed by atoms with Crippen LogP contribution in [0.2, 0.25) is 0 Å². The molecule has 0 spiro atoms. The topological polar surface area (TPSA) is 97.6 Å². The van der Waals surface area contributed by atoms with Gasteiger partial charge in [-0.05, 0) is 0 Å². The van der Waals surface area contributed by atoms with Gasteiger partial charge >= 0.3 is 0 Å². The van der Waals surface area contributed by atoms with Crippen molar-refractivity contribution < 1.29 is 10.2 Å². The molecule has 0 heterocycles. The molecule has 0 bridgehead atoms. The van der Waals surface area contributed by atoms with Gasteiger partial charge < -0.3 is 21.1 Å². The Morgan fingerprint density at radius 1 is 1.78 bits per heavy atom. The highest BCUT2D eigenvalue weighted by atomic mass is 16.5. The van der Waals surface area contributed by atoms with Crippen LogP contribution >= 0.6 is 0 Å². The second-order valence-corrected chi connectivity index (χ2v) is 1.66. The molecule has 0 aliphatic carbocycles. The van der Waals surface area contributed by atoms with Crippen LogP contribution in [0.25, 0.3) is 0 Å². The van der Waals surface area contributed by atoms with Gasteiger partial charge in [0.2, 0.25) is 0 Å². The lowest BCUT2D eigenvalue weighted by atomic mass is 10.4. The zero-order valence-corrected chi connectivity index (χ0v) is 5.05. The Morgan fingerprint density at radius 3 is 2.67 bits per heavy atom. The molecule has 0 aliphatic rings. The second-order valence-electron chi connectivity index (χ2n) is 1.66. The van der Waals surface area contributed by atoms with Crippen LogP contribution in [0.15, 0.2) is 0 Å². The lowest BCUT2D eigenvalue weighted by Crippen LogP contribution is -3.11. The van der Waals surface area contributed by atoms with Crippen molar-refractivity contribution in [1.29, 1.82) is 5.41 Å². The van der Waals surface area contributed by atoms with E-state index in [4.69, 9.17) is 16.2 Å². The first-order valence-corrected chi connectivity index (χ1v) is 2.66. The Labute approximate surface area is 53.2 Å². The summed E-state index contributed by atoms with van der Waals surface area (Å²) in [6.45, 7) is 0.144. The van der Waals surface area contributed by atoms with Crippen LogP contribution in [-0.4, -0.2) is 24.2 Å². The fourth-order valence-corrected chi connectivity index (χ4v) is 0.374. The van der Waals surface area contributed by atoms with Crippen molar-refractivity contribution in [3.63, 3.8) is 0 Å². The molecule has 0 aromatic rings. The molecule has 1 atom stereocenters. The zero-order chi connectivity index (χ0) is 7.28. The van der Waals surface area contributed by atoms with E-state index in [9.17, 15) is 5.21 Å². The normalized spacial score (nSPS) is 13.1. The molecule has 54 valence electrons. The molecule has 0 radical (unpaired) electrons. The van der Waals surface area contributed by atoms with Gasteiger partial charge in [-0.2, -0.15) is 0 Å². The first-order chi connectivity index (χ1) is 4.18. The molecule has 5 heteroatoms. The van der Waals surface area contributed by atoms with Gasteiger partial charge in [0.15, 0.2) is 0 Å². The molecule has 9 heavy (non-hydrogen) atoms. The Morgan fingerprint density at radius 2 is 2.33 bits per heavy atom. The van der Waals surface area contributed by atoms with E-state index in [2.05, 4.69) is 0 Å². The molecule has 0 amide bonds. The standard InChI is InChI=1S/C4H11N3O2/c5-4(6)7(9)2-1-3-8/h7-8H,1-3H2,(H3,5,6). The summed E-state index contributed by atoms with van der Waals surface area (Å²) in [4.78, 5) is 0. The molecule has 0 aromatic heterocycles. The average Bonchev–Trinajstić information content (AvgIpc) is 1.82. The zero-order valence-electron chi connectivity index (χ0n) is 5.05. The molecule has 0 aromatic carbocycles. The molecule has 0 fully saturated rings. The smallest absolute Gasteiger partial charge is 0.290 e. The van der Waals surface area contributed by atoms with Gasteiger partial charge in [0.25, 0.3) is 5.96 Å². The number of hydroxylamine groups is 2. The summed E-state index contributed by atoms with van der Waals surface area (Å²) in [5, 5.41) is 24.9. The summed E-state index contributed by atoms with van der Waals surface area (Å²) in [6.07, 6.45) is 0.387.